The van der Waals surface area contributed by atoms with E-state index in [0.717, 1.165) is 6.42 Å². The Labute approximate surface area is 126 Å². The van der Waals surface area contributed by atoms with Crippen molar-refractivity contribution in [1.82, 2.24) is 25.0 Å². The van der Waals surface area contributed by atoms with Crippen molar-refractivity contribution < 1.29 is 13.5 Å². The summed E-state index contributed by atoms with van der Waals surface area (Å²) in [5.74, 6) is -2.54. The van der Waals surface area contributed by atoms with Crippen LogP contribution in [0.1, 0.15) is 25.7 Å². The number of methoxy groups -OCH3 is 1. The van der Waals surface area contributed by atoms with Crippen molar-refractivity contribution in [2.45, 2.75) is 38.2 Å². The molecule has 22 heavy (non-hydrogen) atoms. The second kappa shape index (κ2) is 5.94. The average molecular weight is 309 g/mol. The minimum atomic E-state index is -2.63. The second-order valence-corrected chi connectivity index (χ2v) is 5.45. The van der Waals surface area contributed by atoms with Crippen LogP contribution < -0.4 is 4.74 Å². The highest BCUT2D eigenvalue weighted by Crippen LogP contribution is 2.39. The molecule has 2 aromatic heterocycles. The van der Waals surface area contributed by atoms with Gasteiger partial charge in [-0.15, -0.1) is 5.10 Å². The first-order chi connectivity index (χ1) is 10.6. The standard InChI is InChI=1S/C14H17F2N5O/c1-22-12-5-7-17-13(18-12)11-9-21(20-19-11)8-10-4-2-3-6-14(10,15)16/h5,7,9-10H,2-4,6,8H2,1H3. The van der Waals surface area contributed by atoms with Crippen molar-refractivity contribution in [3.63, 3.8) is 0 Å². The summed E-state index contributed by atoms with van der Waals surface area (Å²) in [6.45, 7) is 0.157. The molecule has 0 radical (unpaired) electrons. The summed E-state index contributed by atoms with van der Waals surface area (Å²) in [6.07, 6.45) is 5.04. The number of rotatable bonds is 4. The first-order valence-electron chi connectivity index (χ1n) is 7.24. The van der Waals surface area contributed by atoms with Gasteiger partial charge in [0, 0.05) is 24.6 Å². The molecule has 0 spiro atoms. The number of hydrogen-bond donors (Lipinski definition) is 0. The predicted octanol–water partition coefficient (Wildman–Crippen LogP) is 2.57. The van der Waals surface area contributed by atoms with Crippen LogP contribution in [0.4, 0.5) is 8.78 Å². The Hall–Kier alpha value is -2.12. The van der Waals surface area contributed by atoms with Gasteiger partial charge in [-0.3, -0.25) is 4.68 Å². The highest BCUT2D eigenvalue weighted by Gasteiger charge is 2.41. The third-order valence-corrected chi connectivity index (χ3v) is 3.92. The molecule has 2 heterocycles. The zero-order valence-electron chi connectivity index (χ0n) is 12.2. The predicted molar refractivity (Wildman–Crippen MR) is 74.5 cm³/mol. The molecule has 0 amide bonds. The summed E-state index contributed by atoms with van der Waals surface area (Å²) in [5, 5.41) is 7.88. The van der Waals surface area contributed by atoms with Crippen LogP contribution in [0.3, 0.4) is 0 Å². The lowest BCUT2D eigenvalue weighted by atomic mass is 9.85. The zero-order chi connectivity index (χ0) is 15.6. The minimum absolute atomic E-state index is 0.0434. The third kappa shape index (κ3) is 3.05. The summed E-state index contributed by atoms with van der Waals surface area (Å²) in [7, 11) is 1.51. The summed E-state index contributed by atoms with van der Waals surface area (Å²) in [5.41, 5.74) is 0.443. The molecule has 6 nitrogen and oxygen atoms in total. The van der Waals surface area contributed by atoms with Gasteiger partial charge in [0.1, 0.15) is 5.69 Å². The molecule has 2 aromatic rings. The lowest BCUT2D eigenvalue weighted by molar-refractivity contribution is -0.0920. The molecule has 0 aromatic carbocycles. The van der Waals surface area contributed by atoms with Gasteiger partial charge in [-0.25, -0.2) is 13.8 Å². The zero-order valence-corrected chi connectivity index (χ0v) is 12.2. The monoisotopic (exact) mass is 309 g/mol. The first kappa shape index (κ1) is 14.8. The number of hydrogen-bond acceptors (Lipinski definition) is 5. The lowest BCUT2D eigenvalue weighted by Crippen LogP contribution is -2.34. The van der Waals surface area contributed by atoms with E-state index in [1.54, 1.807) is 18.5 Å². The summed E-state index contributed by atoms with van der Waals surface area (Å²) in [4.78, 5) is 8.24. The van der Waals surface area contributed by atoms with E-state index in [0.29, 0.717) is 30.2 Å². The summed E-state index contributed by atoms with van der Waals surface area (Å²) in [6, 6.07) is 1.62. The van der Waals surface area contributed by atoms with Crippen molar-refractivity contribution >= 4 is 0 Å². The van der Waals surface area contributed by atoms with E-state index in [1.807, 2.05) is 0 Å². The Morgan fingerprint density at radius 3 is 3.05 bits per heavy atom. The van der Waals surface area contributed by atoms with Crippen LogP contribution in [-0.2, 0) is 6.54 Å². The van der Waals surface area contributed by atoms with Gasteiger partial charge in [0.2, 0.25) is 5.88 Å². The number of nitrogens with zero attached hydrogens (tertiary/aromatic N) is 5. The Kier molecular flexibility index (Phi) is 4.00. The fourth-order valence-corrected chi connectivity index (χ4v) is 2.69. The maximum Gasteiger partial charge on any atom is 0.252 e. The normalized spacial score (nSPS) is 20.8. The highest BCUT2D eigenvalue weighted by molar-refractivity contribution is 5.46. The van der Waals surface area contributed by atoms with Gasteiger partial charge in [0.25, 0.3) is 5.92 Å². The topological polar surface area (TPSA) is 65.7 Å². The molecule has 0 N–H and O–H groups in total. The van der Waals surface area contributed by atoms with Crippen LogP contribution in [0.15, 0.2) is 18.5 Å². The molecule has 8 heteroatoms. The maximum absolute atomic E-state index is 13.9. The maximum atomic E-state index is 13.9. The van der Waals surface area contributed by atoms with Gasteiger partial charge >= 0.3 is 0 Å². The molecule has 1 aliphatic rings. The van der Waals surface area contributed by atoms with Gasteiger partial charge in [0.05, 0.1) is 19.9 Å². The van der Waals surface area contributed by atoms with Crippen LogP contribution >= 0.6 is 0 Å². The first-order valence-corrected chi connectivity index (χ1v) is 7.24. The van der Waals surface area contributed by atoms with Crippen molar-refractivity contribution in [3.05, 3.63) is 18.5 Å². The van der Waals surface area contributed by atoms with E-state index in [1.165, 1.54) is 11.8 Å². The molecule has 118 valence electrons. The smallest absolute Gasteiger partial charge is 0.252 e. The van der Waals surface area contributed by atoms with Crippen LogP contribution in [0.25, 0.3) is 11.5 Å². The molecule has 1 aliphatic carbocycles. The molecule has 1 atom stereocenters. The Morgan fingerprint density at radius 2 is 2.27 bits per heavy atom. The second-order valence-electron chi connectivity index (χ2n) is 5.45. The van der Waals surface area contributed by atoms with Gasteiger partial charge < -0.3 is 4.74 Å². The van der Waals surface area contributed by atoms with Crippen molar-refractivity contribution in [2.24, 2.45) is 5.92 Å². The van der Waals surface area contributed by atoms with Crippen LogP contribution in [0.2, 0.25) is 0 Å². The largest absolute Gasteiger partial charge is 0.481 e. The van der Waals surface area contributed by atoms with Gasteiger partial charge in [-0.2, -0.15) is 4.98 Å². The van der Waals surface area contributed by atoms with Crippen molar-refractivity contribution in [1.29, 1.82) is 0 Å². The highest BCUT2D eigenvalue weighted by atomic mass is 19.3. The molecular weight excluding hydrogens is 292 g/mol. The molecule has 1 unspecified atom stereocenters. The molecule has 1 saturated carbocycles. The Balaban J connectivity index is 1.76. The van der Waals surface area contributed by atoms with Gasteiger partial charge in [0.15, 0.2) is 5.82 Å². The van der Waals surface area contributed by atoms with E-state index in [9.17, 15) is 8.78 Å². The molecule has 0 aliphatic heterocycles. The molecule has 0 bridgehead atoms. The molecular formula is C14H17F2N5O. The minimum Gasteiger partial charge on any atom is -0.481 e. The number of halogens is 2. The van der Waals surface area contributed by atoms with E-state index in [-0.39, 0.29) is 13.0 Å². The van der Waals surface area contributed by atoms with E-state index >= 15 is 0 Å². The Bertz CT molecular complexity index is 646. The van der Waals surface area contributed by atoms with Crippen LogP contribution in [-0.4, -0.2) is 38.0 Å². The third-order valence-electron chi connectivity index (χ3n) is 3.92. The number of ether oxygens (including phenoxy) is 1. The van der Waals surface area contributed by atoms with E-state index in [4.69, 9.17) is 4.74 Å². The van der Waals surface area contributed by atoms with Crippen molar-refractivity contribution in [3.8, 4) is 17.4 Å². The van der Waals surface area contributed by atoms with Crippen LogP contribution in [0.5, 0.6) is 5.88 Å². The molecule has 0 saturated heterocycles. The van der Waals surface area contributed by atoms with Crippen molar-refractivity contribution in [2.75, 3.05) is 7.11 Å². The average Bonchev–Trinajstić information content (AvgIpc) is 2.98. The van der Waals surface area contributed by atoms with Crippen LogP contribution in [0, 0.1) is 5.92 Å². The van der Waals surface area contributed by atoms with Gasteiger partial charge in [-0.05, 0) is 12.8 Å². The summed E-state index contributed by atoms with van der Waals surface area (Å²) >= 11 is 0. The number of aromatic nitrogens is 5. The molecule has 1 fully saturated rings. The number of alkyl halides is 2. The quantitative estimate of drug-likeness (QED) is 0.868. The fourth-order valence-electron chi connectivity index (χ4n) is 2.69. The Morgan fingerprint density at radius 1 is 1.41 bits per heavy atom. The molecule has 3 rings (SSSR count). The van der Waals surface area contributed by atoms with Gasteiger partial charge in [-0.1, -0.05) is 11.6 Å². The SMILES string of the molecule is COc1ccnc(-c2cn(CC3CCCCC3(F)F)nn2)n1. The van der Waals surface area contributed by atoms with E-state index in [2.05, 4.69) is 20.3 Å². The van der Waals surface area contributed by atoms with E-state index < -0.39 is 11.8 Å². The fraction of sp³-hybridized carbons (Fsp3) is 0.571. The summed E-state index contributed by atoms with van der Waals surface area (Å²) < 4.78 is 34.2. The lowest BCUT2D eigenvalue weighted by Gasteiger charge is -2.30.